The smallest absolute Gasteiger partial charge is 0.410 e. The Bertz CT molecular complexity index is 399. The van der Waals surface area contributed by atoms with Gasteiger partial charge in [-0.15, -0.1) is 0 Å². The summed E-state index contributed by atoms with van der Waals surface area (Å²) in [6, 6.07) is 9.39. The Hall–Kier alpha value is -1.62. The van der Waals surface area contributed by atoms with Gasteiger partial charge in [0.15, 0.2) is 0 Å². The number of halogens is 1. The molecule has 4 nitrogen and oxygen atoms in total. The molecule has 0 aliphatic carbocycles. The first kappa shape index (κ1) is 12.8. The second-order valence-electron chi connectivity index (χ2n) is 4.46. The second-order valence-corrected chi connectivity index (χ2v) is 4.46. The van der Waals surface area contributed by atoms with Gasteiger partial charge in [0.1, 0.15) is 12.8 Å². The lowest BCUT2D eigenvalue weighted by atomic mass is 10.1. The highest BCUT2D eigenvalue weighted by molar-refractivity contribution is 5.68. The van der Waals surface area contributed by atoms with Gasteiger partial charge in [-0.2, -0.15) is 0 Å². The number of nitrogens with zero attached hydrogens (tertiary/aromatic N) is 1. The van der Waals surface area contributed by atoms with Gasteiger partial charge < -0.3 is 15.4 Å². The Balaban J connectivity index is 1.82. The van der Waals surface area contributed by atoms with Crippen molar-refractivity contribution in [3.8, 4) is 0 Å². The summed E-state index contributed by atoms with van der Waals surface area (Å²) in [6.07, 6.45) is -1.52. The molecule has 1 aliphatic rings. The van der Waals surface area contributed by atoms with Gasteiger partial charge in [0.25, 0.3) is 0 Å². The fourth-order valence-corrected chi connectivity index (χ4v) is 2.01. The molecule has 1 heterocycles. The van der Waals surface area contributed by atoms with Crippen molar-refractivity contribution in [1.82, 2.24) is 4.90 Å². The third-order valence-electron chi connectivity index (χ3n) is 3.13. The molecule has 2 N–H and O–H groups in total. The molecule has 0 saturated carbocycles. The van der Waals surface area contributed by atoms with Gasteiger partial charge in [-0.05, 0) is 12.1 Å². The number of likely N-dealkylation sites (tertiary alicyclic amines) is 1. The predicted octanol–water partition coefficient (Wildman–Crippen LogP) is 1.55. The van der Waals surface area contributed by atoms with Crippen LogP contribution >= 0.6 is 0 Å². The van der Waals surface area contributed by atoms with E-state index in [0.717, 1.165) is 5.56 Å². The topological polar surface area (TPSA) is 55.6 Å². The van der Waals surface area contributed by atoms with Crippen LogP contribution in [0.3, 0.4) is 0 Å². The van der Waals surface area contributed by atoms with E-state index < -0.39 is 12.3 Å². The normalized spacial score (nSPS) is 23.1. The molecule has 2 rings (SSSR count). The second kappa shape index (κ2) is 5.82. The minimum Gasteiger partial charge on any atom is -0.445 e. The minimum atomic E-state index is -1.04. The number of ether oxygens (including phenoxy) is 1. The van der Waals surface area contributed by atoms with Crippen LogP contribution in [-0.4, -0.2) is 36.8 Å². The summed E-state index contributed by atoms with van der Waals surface area (Å²) in [5, 5.41) is 0. The highest BCUT2D eigenvalue weighted by Gasteiger charge is 2.35. The number of hydrogen-bond donors (Lipinski definition) is 1. The van der Waals surface area contributed by atoms with E-state index in [-0.39, 0.29) is 25.6 Å². The summed E-state index contributed by atoms with van der Waals surface area (Å²) in [7, 11) is 0. The molecule has 1 aliphatic heterocycles. The quantitative estimate of drug-likeness (QED) is 0.888. The molecular weight excluding hydrogens is 235 g/mol. The van der Waals surface area contributed by atoms with E-state index in [2.05, 4.69) is 0 Å². The fourth-order valence-electron chi connectivity index (χ4n) is 2.01. The molecule has 1 aromatic rings. The lowest BCUT2D eigenvalue weighted by Gasteiger charge is -2.15. The molecule has 0 unspecified atom stereocenters. The van der Waals surface area contributed by atoms with Gasteiger partial charge in [0, 0.05) is 12.5 Å². The number of alkyl halides is 1. The number of hydrogen-bond acceptors (Lipinski definition) is 3. The largest absolute Gasteiger partial charge is 0.445 e. The summed E-state index contributed by atoms with van der Waals surface area (Å²) >= 11 is 0. The van der Waals surface area contributed by atoms with E-state index in [1.807, 2.05) is 30.3 Å². The fraction of sp³-hybridized carbons (Fsp3) is 0.462. The van der Waals surface area contributed by atoms with Crippen LogP contribution in [-0.2, 0) is 11.3 Å². The molecule has 1 saturated heterocycles. The van der Waals surface area contributed by atoms with Crippen molar-refractivity contribution in [2.24, 2.45) is 11.7 Å². The van der Waals surface area contributed by atoms with Crippen molar-refractivity contribution in [2.75, 3.05) is 19.6 Å². The van der Waals surface area contributed by atoms with Crippen molar-refractivity contribution in [3.63, 3.8) is 0 Å². The average Bonchev–Trinajstić information content (AvgIpc) is 2.78. The van der Waals surface area contributed by atoms with Crippen molar-refractivity contribution in [1.29, 1.82) is 0 Å². The zero-order valence-electron chi connectivity index (χ0n) is 10.1. The zero-order chi connectivity index (χ0) is 13.0. The predicted molar refractivity (Wildman–Crippen MR) is 65.6 cm³/mol. The van der Waals surface area contributed by atoms with Gasteiger partial charge >= 0.3 is 6.09 Å². The number of nitrogens with two attached hydrogens (primary N) is 1. The van der Waals surface area contributed by atoms with Crippen LogP contribution in [0.15, 0.2) is 30.3 Å². The third kappa shape index (κ3) is 2.98. The summed E-state index contributed by atoms with van der Waals surface area (Å²) in [5.74, 6) is -0.269. The molecule has 2 atom stereocenters. The molecule has 0 bridgehead atoms. The van der Waals surface area contributed by atoms with Crippen molar-refractivity contribution in [3.05, 3.63) is 35.9 Å². The monoisotopic (exact) mass is 252 g/mol. The molecule has 0 spiro atoms. The maximum atomic E-state index is 13.4. The number of carbonyl (C=O) groups excluding carboxylic acids is 1. The summed E-state index contributed by atoms with van der Waals surface area (Å²) in [4.78, 5) is 13.1. The van der Waals surface area contributed by atoms with E-state index in [1.165, 1.54) is 4.90 Å². The third-order valence-corrected chi connectivity index (χ3v) is 3.13. The Morgan fingerprint density at radius 2 is 2.11 bits per heavy atom. The van der Waals surface area contributed by atoms with Gasteiger partial charge in [-0.1, -0.05) is 30.3 Å². The maximum Gasteiger partial charge on any atom is 0.410 e. The van der Waals surface area contributed by atoms with E-state index >= 15 is 0 Å². The Morgan fingerprint density at radius 3 is 2.72 bits per heavy atom. The molecule has 98 valence electrons. The van der Waals surface area contributed by atoms with Crippen LogP contribution < -0.4 is 5.73 Å². The van der Waals surface area contributed by atoms with Crippen LogP contribution in [0.4, 0.5) is 9.18 Å². The van der Waals surface area contributed by atoms with E-state index in [4.69, 9.17) is 10.5 Å². The number of amides is 1. The van der Waals surface area contributed by atoms with Gasteiger partial charge in [0.2, 0.25) is 0 Å². The average molecular weight is 252 g/mol. The molecule has 0 aromatic heterocycles. The summed E-state index contributed by atoms with van der Waals surface area (Å²) < 4.78 is 18.6. The zero-order valence-corrected chi connectivity index (χ0v) is 10.1. The lowest BCUT2D eigenvalue weighted by molar-refractivity contribution is 0.102. The summed E-state index contributed by atoms with van der Waals surface area (Å²) in [6.45, 7) is 0.880. The first-order valence-corrected chi connectivity index (χ1v) is 6.00. The Labute approximate surface area is 106 Å². The maximum absolute atomic E-state index is 13.4. The molecule has 1 amide bonds. The number of benzene rings is 1. The molecule has 5 heteroatoms. The summed E-state index contributed by atoms with van der Waals surface area (Å²) in [5.41, 5.74) is 6.35. The molecule has 0 radical (unpaired) electrons. The van der Waals surface area contributed by atoms with Gasteiger partial charge in [-0.25, -0.2) is 9.18 Å². The van der Waals surface area contributed by atoms with E-state index in [0.29, 0.717) is 6.54 Å². The highest BCUT2D eigenvalue weighted by atomic mass is 19.1. The first-order chi connectivity index (χ1) is 8.70. The minimum absolute atomic E-state index is 0.0789. The van der Waals surface area contributed by atoms with Crippen LogP contribution in [0.1, 0.15) is 5.56 Å². The van der Waals surface area contributed by atoms with Crippen molar-refractivity contribution < 1.29 is 13.9 Å². The highest BCUT2D eigenvalue weighted by Crippen LogP contribution is 2.20. The van der Waals surface area contributed by atoms with Crippen LogP contribution in [0.2, 0.25) is 0 Å². The molecule has 18 heavy (non-hydrogen) atoms. The first-order valence-electron chi connectivity index (χ1n) is 6.00. The number of rotatable bonds is 3. The van der Waals surface area contributed by atoms with Crippen LogP contribution in [0.5, 0.6) is 0 Å². The standard InChI is InChI=1S/C13H17FN2O2/c14-12-8-16(7-11(12)6-15)13(17)18-9-10-4-2-1-3-5-10/h1-5,11-12H,6-9,15H2/t11-,12-/m0/s1. The van der Waals surface area contributed by atoms with Crippen LogP contribution in [0.25, 0.3) is 0 Å². The van der Waals surface area contributed by atoms with Crippen LogP contribution in [0, 0.1) is 5.92 Å². The Morgan fingerprint density at radius 1 is 1.39 bits per heavy atom. The van der Waals surface area contributed by atoms with E-state index in [1.54, 1.807) is 0 Å². The van der Waals surface area contributed by atoms with E-state index in [9.17, 15) is 9.18 Å². The lowest BCUT2D eigenvalue weighted by Crippen LogP contribution is -2.30. The molecular formula is C13H17FN2O2. The van der Waals surface area contributed by atoms with Gasteiger partial charge in [-0.3, -0.25) is 0 Å². The Kier molecular flexibility index (Phi) is 4.15. The van der Waals surface area contributed by atoms with Crippen molar-refractivity contribution >= 4 is 6.09 Å². The SMILES string of the molecule is NC[C@H]1CN(C(=O)OCc2ccccc2)C[C@@H]1F. The van der Waals surface area contributed by atoms with Crippen molar-refractivity contribution in [2.45, 2.75) is 12.8 Å². The molecule has 1 fully saturated rings. The van der Waals surface area contributed by atoms with Gasteiger partial charge in [0.05, 0.1) is 6.54 Å². The molecule has 1 aromatic carbocycles. The number of carbonyl (C=O) groups is 1.